The number of rotatable bonds is 4. The van der Waals surface area contributed by atoms with Gasteiger partial charge in [0.2, 0.25) is 0 Å². The van der Waals surface area contributed by atoms with Crippen molar-refractivity contribution in [3.05, 3.63) is 88.8 Å². The van der Waals surface area contributed by atoms with Crippen molar-refractivity contribution < 1.29 is 14.1 Å². The fraction of sp³-hybridized carbons (Fsp3) is 0.0500. The van der Waals surface area contributed by atoms with Gasteiger partial charge < -0.3 is 9.26 Å². The lowest BCUT2D eigenvalue weighted by Gasteiger charge is -2.04. The fourth-order valence-corrected chi connectivity index (χ4v) is 2.74. The molecule has 0 saturated heterocycles. The summed E-state index contributed by atoms with van der Waals surface area (Å²) in [6, 6.07) is 16.0. The quantitative estimate of drug-likeness (QED) is 0.388. The first kappa shape index (κ1) is 16.3. The zero-order valence-corrected chi connectivity index (χ0v) is 14.3. The number of benzene rings is 2. The smallest absolute Gasteiger partial charge is 0.343 e. The second-order valence-electron chi connectivity index (χ2n) is 5.72. The van der Waals surface area contributed by atoms with Crippen LogP contribution in [0.5, 0.6) is 5.75 Å². The van der Waals surface area contributed by atoms with E-state index in [1.165, 1.54) is 0 Å². The Kier molecular flexibility index (Phi) is 4.37. The summed E-state index contributed by atoms with van der Waals surface area (Å²) in [7, 11) is 0. The van der Waals surface area contributed by atoms with Crippen molar-refractivity contribution in [2.24, 2.45) is 0 Å². The van der Waals surface area contributed by atoms with Crippen LogP contribution in [0.4, 0.5) is 0 Å². The zero-order valence-electron chi connectivity index (χ0n) is 13.6. The minimum Gasteiger partial charge on any atom is -0.423 e. The topological polar surface area (TPSA) is 65.2 Å². The van der Waals surface area contributed by atoms with Gasteiger partial charge in [-0.3, -0.25) is 4.98 Å². The molecule has 0 N–H and O–H groups in total. The van der Waals surface area contributed by atoms with Gasteiger partial charge in [-0.15, -0.1) is 0 Å². The number of carbonyl (C=O) groups is 1. The van der Waals surface area contributed by atoms with Crippen molar-refractivity contribution >= 4 is 28.5 Å². The van der Waals surface area contributed by atoms with E-state index in [0.29, 0.717) is 28.3 Å². The number of pyridine rings is 1. The lowest BCUT2D eigenvalue weighted by molar-refractivity contribution is 0.0735. The number of halogens is 1. The molecule has 0 aliphatic rings. The molecule has 0 atom stereocenters. The van der Waals surface area contributed by atoms with Crippen molar-refractivity contribution in [3.63, 3.8) is 0 Å². The molecule has 0 unspecified atom stereocenters. The number of ether oxygens (including phenoxy) is 1. The number of hydrogen-bond acceptors (Lipinski definition) is 5. The van der Waals surface area contributed by atoms with E-state index < -0.39 is 5.97 Å². The molecule has 0 aliphatic heterocycles. The Morgan fingerprint density at radius 1 is 1.04 bits per heavy atom. The van der Waals surface area contributed by atoms with Crippen LogP contribution in [0.1, 0.15) is 21.6 Å². The van der Waals surface area contributed by atoms with E-state index >= 15 is 0 Å². The number of hydrogen-bond donors (Lipinski definition) is 0. The molecule has 2 aromatic heterocycles. The number of nitrogens with zero attached hydrogens (tertiary/aromatic N) is 2. The lowest BCUT2D eigenvalue weighted by atomic mass is 10.1. The van der Waals surface area contributed by atoms with Gasteiger partial charge in [0, 0.05) is 35.3 Å². The molecule has 4 rings (SSSR count). The average Bonchev–Trinajstić information content (AvgIpc) is 3.06. The van der Waals surface area contributed by atoms with E-state index in [-0.39, 0.29) is 0 Å². The molecule has 128 valence electrons. The highest BCUT2D eigenvalue weighted by Gasteiger charge is 2.13. The molecule has 5 nitrogen and oxygen atoms in total. The van der Waals surface area contributed by atoms with Crippen LogP contribution in [0, 0.1) is 0 Å². The standard InChI is InChI=1S/C20H13ClN2O3/c21-15-3-1-13(2-4-15)11-18-17-6-5-16(12-19(17)26-23-18)25-20(24)14-7-9-22-10-8-14/h1-10,12H,11H2. The van der Waals surface area contributed by atoms with Gasteiger partial charge >= 0.3 is 5.97 Å². The van der Waals surface area contributed by atoms with Gasteiger partial charge in [-0.1, -0.05) is 28.9 Å². The Balaban J connectivity index is 1.55. The van der Waals surface area contributed by atoms with Crippen molar-refractivity contribution in [2.75, 3.05) is 0 Å². The molecule has 0 radical (unpaired) electrons. The molecular formula is C20H13ClN2O3. The SMILES string of the molecule is O=C(Oc1ccc2c(Cc3ccc(Cl)cc3)noc2c1)c1ccncc1. The summed E-state index contributed by atoms with van der Waals surface area (Å²) < 4.78 is 10.8. The van der Waals surface area contributed by atoms with E-state index in [9.17, 15) is 4.79 Å². The second kappa shape index (κ2) is 6.98. The maximum Gasteiger partial charge on any atom is 0.343 e. The average molecular weight is 365 g/mol. The third kappa shape index (κ3) is 3.43. The monoisotopic (exact) mass is 364 g/mol. The van der Waals surface area contributed by atoms with Crippen LogP contribution in [-0.4, -0.2) is 16.1 Å². The molecule has 0 bridgehead atoms. The molecule has 26 heavy (non-hydrogen) atoms. The van der Waals surface area contributed by atoms with Crippen LogP contribution in [0.2, 0.25) is 5.02 Å². The second-order valence-corrected chi connectivity index (χ2v) is 6.15. The van der Waals surface area contributed by atoms with Gasteiger partial charge in [-0.25, -0.2) is 4.79 Å². The highest BCUT2D eigenvalue weighted by molar-refractivity contribution is 6.30. The Morgan fingerprint density at radius 3 is 2.58 bits per heavy atom. The van der Waals surface area contributed by atoms with Crippen LogP contribution in [-0.2, 0) is 6.42 Å². The fourth-order valence-electron chi connectivity index (χ4n) is 2.61. The summed E-state index contributed by atoms with van der Waals surface area (Å²) in [5.41, 5.74) is 2.89. The van der Waals surface area contributed by atoms with Crippen molar-refractivity contribution in [1.29, 1.82) is 0 Å². The first-order valence-corrected chi connectivity index (χ1v) is 8.32. The maximum atomic E-state index is 12.1. The van der Waals surface area contributed by atoms with Gasteiger partial charge in [0.1, 0.15) is 5.75 Å². The number of carbonyl (C=O) groups excluding carboxylic acids is 1. The highest BCUT2D eigenvalue weighted by atomic mass is 35.5. The molecule has 2 aromatic carbocycles. The molecule has 0 aliphatic carbocycles. The molecule has 0 saturated carbocycles. The number of esters is 1. The number of aromatic nitrogens is 2. The molecule has 4 aromatic rings. The summed E-state index contributed by atoms with van der Waals surface area (Å²) in [5, 5.41) is 5.71. The molecule has 0 amide bonds. The molecule has 2 heterocycles. The highest BCUT2D eigenvalue weighted by Crippen LogP contribution is 2.26. The maximum absolute atomic E-state index is 12.1. The predicted octanol–water partition coefficient (Wildman–Crippen LogP) is 4.69. The first-order valence-electron chi connectivity index (χ1n) is 7.94. The molecule has 0 fully saturated rings. The predicted molar refractivity (Wildman–Crippen MR) is 97.5 cm³/mol. The van der Waals surface area contributed by atoms with Gasteiger partial charge in [0.25, 0.3) is 0 Å². The molecular weight excluding hydrogens is 352 g/mol. The van der Waals surface area contributed by atoms with Gasteiger partial charge in [0.15, 0.2) is 5.58 Å². The van der Waals surface area contributed by atoms with Crippen LogP contribution < -0.4 is 4.74 Å². The number of fused-ring (bicyclic) bond motifs is 1. The van der Waals surface area contributed by atoms with Crippen molar-refractivity contribution in [1.82, 2.24) is 10.1 Å². The van der Waals surface area contributed by atoms with Crippen LogP contribution in [0.25, 0.3) is 11.0 Å². The van der Waals surface area contributed by atoms with Gasteiger partial charge in [-0.2, -0.15) is 0 Å². The van der Waals surface area contributed by atoms with E-state index in [2.05, 4.69) is 10.1 Å². The van der Waals surface area contributed by atoms with E-state index in [0.717, 1.165) is 16.6 Å². The minimum absolute atomic E-state index is 0.397. The summed E-state index contributed by atoms with van der Waals surface area (Å²) >= 11 is 5.91. The van der Waals surface area contributed by atoms with Gasteiger partial charge in [-0.05, 0) is 42.0 Å². The molecule has 6 heteroatoms. The first-order chi connectivity index (χ1) is 12.7. The Labute approximate surface area is 154 Å². The summed E-state index contributed by atoms with van der Waals surface area (Å²) in [6.45, 7) is 0. The third-order valence-corrected chi connectivity index (χ3v) is 4.18. The van der Waals surface area contributed by atoms with Crippen LogP contribution in [0.15, 0.2) is 71.5 Å². The Morgan fingerprint density at radius 2 is 1.81 bits per heavy atom. The van der Waals surface area contributed by atoms with Gasteiger partial charge in [0.05, 0.1) is 11.3 Å². The lowest BCUT2D eigenvalue weighted by Crippen LogP contribution is -2.08. The normalized spacial score (nSPS) is 10.8. The van der Waals surface area contributed by atoms with Crippen molar-refractivity contribution in [3.8, 4) is 5.75 Å². The Bertz CT molecular complexity index is 1060. The van der Waals surface area contributed by atoms with Crippen LogP contribution >= 0.6 is 11.6 Å². The zero-order chi connectivity index (χ0) is 17.9. The third-order valence-electron chi connectivity index (χ3n) is 3.93. The summed E-state index contributed by atoms with van der Waals surface area (Å²) in [4.78, 5) is 16.0. The van der Waals surface area contributed by atoms with E-state index in [4.69, 9.17) is 20.9 Å². The minimum atomic E-state index is -0.451. The largest absolute Gasteiger partial charge is 0.423 e. The Hall–Kier alpha value is -3.18. The molecule has 0 spiro atoms. The van der Waals surface area contributed by atoms with E-state index in [1.807, 2.05) is 30.3 Å². The van der Waals surface area contributed by atoms with Crippen molar-refractivity contribution in [2.45, 2.75) is 6.42 Å². The summed E-state index contributed by atoms with van der Waals surface area (Å²) in [5.74, 6) is -0.0545. The van der Waals surface area contributed by atoms with E-state index in [1.54, 1.807) is 36.7 Å². The van der Waals surface area contributed by atoms with Crippen LogP contribution in [0.3, 0.4) is 0 Å². The summed E-state index contributed by atoms with van der Waals surface area (Å²) in [6.07, 6.45) is 3.71.